The standard InChI is InChI=1S/C22H28N6O/c1-15-4-5-18(12-16(15)2)13-27-10-6-19(14-27)20-21-22(25-8-7-24-21)28(26-20)11-9-23-17(3)29/h4-5,7-8,12,19H,6,9-11,13-14H2,1-3H3,(H,23,29)/t19-/m1/s1. The smallest absolute Gasteiger partial charge is 0.216 e. The maximum Gasteiger partial charge on any atom is 0.216 e. The summed E-state index contributed by atoms with van der Waals surface area (Å²) in [5, 5.41) is 7.67. The zero-order valence-corrected chi connectivity index (χ0v) is 17.4. The van der Waals surface area contributed by atoms with Crippen LogP contribution >= 0.6 is 0 Å². The first-order valence-corrected chi connectivity index (χ1v) is 10.2. The number of fused-ring (bicyclic) bond motifs is 1. The Hall–Kier alpha value is -2.80. The quantitative estimate of drug-likeness (QED) is 0.698. The summed E-state index contributed by atoms with van der Waals surface area (Å²) in [4.78, 5) is 22.7. The van der Waals surface area contributed by atoms with Gasteiger partial charge in [-0.25, -0.2) is 14.6 Å². The summed E-state index contributed by atoms with van der Waals surface area (Å²) in [5.74, 6) is 0.313. The number of hydrogen-bond acceptors (Lipinski definition) is 5. The number of likely N-dealkylation sites (tertiary alicyclic amines) is 1. The van der Waals surface area contributed by atoms with Crippen molar-refractivity contribution in [3.05, 3.63) is 53.0 Å². The molecule has 2 aromatic heterocycles. The summed E-state index contributed by atoms with van der Waals surface area (Å²) < 4.78 is 1.87. The number of carbonyl (C=O) groups excluding carboxylic acids is 1. The maximum atomic E-state index is 11.2. The number of nitrogens with one attached hydrogen (secondary N) is 1. The zero-order valence-electron chi connectivity index (χ0n) is 17.4. The molecular weight excluding hydrogens is 364 g/mol. The van der Waals surface area contributed by atoms with E-state index in [1.807, 2.05) is 4.68 Å². The normalized spacial score (nSPS) is 17.1. The van der Waals surface area contributed by atoms with E-state index >= 15 is 0 Å². The van der Waals surface area contributed by atoms with Gasteiger partial charge in [-0.2, -0.15) is 5.10 Å². The molecule has 0 unspecified atom stereocenters. The number of benzene rings is 1. The van der Waals surface area contributed by atoms with Gasteiger partial charge in [-0.05, 0) is 43.5 Å². The molecule has 1 aliphatic heterocycles. The van der Waals surface area contributed by atoms with Gasteiger partial charge < -0.3 is 5.32 Å². The van der Waals surface area contributed by atoms with Gasteiger partial charge in [-0.1, -0.05) is 18.2 Å². The fraction of sp³-hybridized carbons (Fsp3) is 0.455. The summed E-state index contributed by atoms with van der Waals surface area (Å²) in [6.45, 7) is 9.96. The minimum Gasteiger partial charge on any atom is -0.354 e. The first-order valence-electron chi connectivity index (χ1n) is 10.2. The molecule has 7 nitrogen and oxygen atoms in total. The lowest BCUT2D eigenvalue weighted by Crippen LogP contribution is -2.25. The van der Waals surface area contributed by atoms with Crippen molar-refractivity contribution in [2.45, 2.75) is 46.2 Å². The van der Waals surface area contributed by atoms with Crippen molar-refractivity contribution in [1.29, 1.82) is 0 Å². The third kappa shape index (κ3) is 4.29. The van der Waals surface area contributed by atoms with Crippen molar-refractivity contribution in [3.8, 4) is 0 Å². The first-order chi connectivity index (χ1) is 14.0. The van der Waals surface area contributed by atoms with Crippen LogP contribution in [0.1, 0.15) is 41.6 Å². The first kappa shape index (κ1) is 19.5. The molecule has 1 amide bonds. The second kappa shape index (κ2) is 8.29. The highest BCUT2D eigenvalue weighted by molar-refractivity contribution is 5.74. The van der Waals surface area contributed by atoms with Crippen LogP contribution in [-0.4, -0.2) is 50.2 Å². The SMILES string of the molecule is CC(=O)NCCn1nc([C@@H]2CCN(Cc3ccc(C)c(C)c3)C2)c2nccnc21. The molecule has 7 heteroatoms. The Balaban J connectivity index is 1.49. The van der Waals surface area contributed by atoms with Crippen LogP contribution in [0.15, 0.2) is 30.6 Å². The van der Waals surface area contributed by atoms with Crippen LogP contribution in [0.3, 0.4) is 0 Å². The molecule has 1 aliphatic rings. The summed E-state index contributed by atoms with van der Waals surface area (Å²) in [6, 6.07) is 6.73. The number of amides is 1. The average Bonchev–Trinajstić information content (AvgIpc) is 3.29. The average molecular weight is 393 g/mol. The highest BCUT2D eigenvalue weighted by Gasteiger charge is 2.29. The molecule has 1 saturated heterocycles. The Morgan fingerprint density at radius 2 is 2.03 bits per heavy atom. The predicted octanol–water partition coefficient (Wildman–Crippen LogP) is 2.57. The highest BCUT2D eigenvalue weighted by atomic mass is 16.1. The number of aryl methyl sites for hydroxylation is 2. The Bertz CT molecular complexity index is 1030. The van der Waals surface area contributed by atoms with Crippen LogP contribution in [-0.2, 0) is 17.9 Å². The van der Waals surface area contributed by atoms with Crippen LogP contribution in [0.25, 0.3) is 11.2 Å². The maximum absolute atomic E-state index is 11.2. The van der Waals surface area contributed by atoms with Gasteiger partial charge in [0.25, 0.3) is 0 Å². The van der Waals surface area contributed by atoms with Gasteiger partial charge in [0, 0.05) is 44.9 Å². The van der Waals surface area contributed by atoms with E-state index in [9.17, 15) is 4.79 Å². The van der Waals surface area contributed by atoms with Gasteiger partial charge in [0.1, 0.15) is 5.52 Å². The fourth-order valence-electron chi connectivity index (χ4n) is 4.05. The molecule has 0 saturated carbocycles. The van der Waals surface area contributed by atoms with Crippen molar-refractivity contribution < 1.29 is 4.79 Å². The van der Waals surface area contributed by atoms with E-state index in [-0.39, 0.29) is 5.91 Å². The Morgan fingerprint density at radius 1 is 1.21 bits per heavy atom. The highest BCUT2D eigenvalue weighted by Crippen LogP contribution is 2.31. The minimum atomic E-state index is -0.0365. The number of aromatic nitrogens is 4. The molecule has 0 bridgehead atoms. The molecule has 0 radical (unpaired) electrons. The van der Waals surface area contributed by atoms with Crippen LogP contribution in [0.2, 0.25) is 0 Å². The molecule has 0 spiro atoms. The lowest BCUT2D eigenvalue weighted by molar-refractivity contribution is -0.118. The van der Waals surface area contributed by atoms with Gasteiger partial charge in [0.2, 0.25) is 5.91 Å². The molecule has 3 heterocycles. The lowest BCUT2D eigenvalue weighted by Gasteiger charge is -2.16. The summed E-state index contributed by atoms with van der Waals surface area (Å²) in [6.07, 6.45) is 4.50. The van der Waals surface area contributed by atoms with Crippen LogP contribution in [0, 0.1) is 13.8 Å². The topological polar surface area (TPSA) is 75.9 Å². The molecule has 1 atom stereocenters. The van der Waals surface area contributed by atoms with Gasteiger partial charge >= 0.3 is 0 Å². The van der Waals surface area contributed by atoms with Crippen LogP contribution < -0.4 is 5.32 Å². The van der Waals surface area contributed by atoms with Crippen molar-refractivity contribution >= 4 is 17.1 Å². The number of carbonyl (C=O) groups is 1. The molecule has 3 aromatic rings. The van der Waals surface area contributed by atoms with Crippen molar-refractivity contribution in [2.24, 2.45) is 0 Å². The van der Waals surface area contributed by atoms with E-state index in [2.05, 4.69) is 52.2 Å². The van der Waals surface area contributed by atoms with Crippen molar-refractivity contribution in [1.82, 2.24) is 30.0 Å². The predicted molar refractivity (Wildman–Crippen MR) is 113 cm³/mol. The Labute approximate surface area is 171 Å². The Kier molecular flexibility index (Phi) is 5.58. The van der Waals surface area contributed by atoms with Gasteiger partial charge in [-0.15, -0.1) is 0 Å². The molecule has 1 fully saturated rings. The lowest BCUT2D eigenvalue weighted by atomic mass is 10.0. The molecule has 152 valence electrons. The fourth-order valence-corrected chi connectivity index (χ4v) is 4.05. The van der Waals surface area contributed by atoms with E-state index in [1.165, 1.54) is 23.6 Å². The van der Waals surface area contributed by atoms with Crippen molar-refractivity contribution in [2.75, 3.05) is 19.6 Å². The minimum absolute atomic E-state index is 0.0365. The number of rotatable bonds is 6. The monoisotopic (exact) mass is 392 g/mol. The van der Waals surface area contributed by atoms with Crippen LogP contribution in [0.5, 0.6) is 0 Å². The third-order valence-electron chi connectivity index (χ3n) is 5.73. The zero-order chi connectivity index (χ0) is 20.4. The summed E-state index contributed by atoms with van der Waals surface area (Å²) in [7, 11) is 0. The number of nitrogens with zero attached hydrogens (tertiary/aromatic N) is 5. The number of hydrogen-bond donors (Lipinski definition) is 1. The molecule has 1 aromatic carbocycles. The third-order valence-corrected chi connectivity index (χ3v) is 5.73. The largest absolute Gasteiger partial charge is 0.354 e. The van der Waals surface area contributed by atoms with Crippen molar-refractivity contribution in [3.63, 3.8) is 0 Å². The second-order valence-corrected chi connectivity index (χ2v) is 7.96. The molecule has 4 rings (SSSR count). The van der Waals surface area contributed by atoms with E-state index in [4.69, 9.17) is 5.10 Å². The van der Waals surface area contributed by atoms with E-state index in [1.54, 1.807) is 12.4 Å². The van der Waals surface area contributed by atoms with E-state index in [0.29, 0.717) is 19.0 Å². The van der Waals surface area contributed by atoms with Crippen LogP contribution in [0.4, 0.5) is 0 Å². The Morgan fingerprint density at radius 3 is 2.83 bits per heavy atom. The van der Waals surface area contributed by atoms with Gasteiger partial charge in [0.05, 0.1) is 12.2 Å². The molecular formula is C22H28N6O. The van der Waals surface area contributed by atoms with Gasteiger partial charge in [0.15, 0.2) is 5.65 Å². The molecule has 1 N–H and O–H groups in total. The van der Waals surface area contributed by atoms with E-state index < -0.39 is 0 Å². The summed E-state index contributed by atoms with van der Waals surface area (Å²) >= 11 is 0. The molecule has 0 aliphatic carbocycles. The second-order valence-electron chi connectivity index (χ2n) is 7.96. The molecule has 29 heavy (non-hydrogen) atoms. The van der Waals surface area contributed by atoms with E-state index in [0.717, 1.165) is 42.9 Å². The summed E-state index contributed by atoms with van der Waals surface area (Å²) in [5.41, 5.74) is 6.74. The van der Waals surface area contributed by atoms with Gasteiger partial charge in [-0.3, -0.25) is 9.69 Å².